The summed E-state index contributed by atoms with van der Waals surface area (Å²) < 4.78 is 0. The number of amidine groups is 1. The molecule has 1 unspecified atom stereocenters. The van der Waals surface area contributed by atoms with Gasteiger partial charge in [0.1, 0.15) is 10.4 Å². The third-order valence-electron chi connectivity index (χ3n) is 7.71. The van der Waals surface area contributed by atoms with Crippen LogP contribution in [-0.4, -0.2) is 58.6 Å². The van der Waals surface area contributed by atoms with E-state index in [0.29, 0.717) is 16.6 Å². The van der Waals surface area contributed by atoms with Gasteiger partial charge in [0.05, 0.1) is 12.2 Å². The van der Waals surface area contributed by atoms with Crippen molar-refractivity contribution in [3.63, 3.8) is 0 Å². The van der Waals surface area contributed by atoms with Gasteiger partial charge < -0.3 is 20.4 Å². The van der Waals surface area contributed by atoms with Crippen LogP contribution in [0.3, 0.4) is 0 Å². The van der Waals surface area contributed by atoms with E-state index in [1.807, 2.05) is 55.4 Å². The first-order chi connectivity index (χ1) is 17.5. The maximum absolute atomic E-state index is 14.0. The average molecular weight is 559 g/mol. The van der Waals surface area contributed by atoms with E-state index in [1.165, 1.54) is 11.8 Å². The summed E-state index contributed by atoms with van der Waals surface area (Å²) in [7, 11) is 4.03. The Kier molecular flexibility index (Phi) is 7.13. The Bertz CT molecular complexity index is 1260. The molecule has 1 fully saturated rings. The van der Waals surface area contributed by atoms with Crippen molar-refractivity contribution in [3.8, 4) is 0 Å². The van der Waals surface area contributed by atoms with Crippen LogP contribution in [0.1, 0.15) is 44.4 Å². The van der Waals surface area contributed by atoms with Crippen molar-refractivity contribution in [1.82, 2.24) is 14.7 Å². The van der Waals surface area contributed by atoms with Crippen LogP contribution in [0.15, 0.2) is 64.1 Å². The summed E-state index contributed by atoms with van der Waals surface area (Å²) >= 11 is 14.0. The minimum absolute atomic E-state index is 0.00861. The zero-order valence-corrected chi connectivity index (χ0v) is 24.1. The van der Waals surface area contributed by atoms with Crippen LogP contribution in [-0.2, 0) is 10.3 Å². The highest BCUT2D eigenvalue weighted by Gasteiger charge is 2.54. The van der Waals surface area contributed by atoms with E-state index >= 15 is 0 Å². The molecular formula is C28H33Cl2N5OS. The van der Waals surface area contributed by atoms with E-state index < -0.39 is 5.54 Å². The fourth-order valence-corrected chi connectivity index (χ4v) is 7.41. The second-order valence-electron chi connectivity index (χ2n) is 10.7. The van der Waals surface area contributed by atoms with Crippen LogP contribution < -0.4 is 5.73 Å². The first kappa shape index (κ1) is 26.6. The fourth-order valence-electron chi connectivity index (χ4n) is 5.79. The lowest BCUT2D eigenvalue weighted by atomic mass is 9.81. The molecule has 2 aromatic carbocycles. The number of allylic oxidation sites excluding steroid dienone is 1. The van der Waals surface area contributed by atoms with E-state index in [9.17, 15) is 4.79 Å². The third-order valence-corrected chi connectivity index (χ3v) is 9.27. The van der Waals surface area contributed by atoms with Crippen molar-refractivity contribution in [2.45, 2.75) is 51.0 Å². The van der Waals surface area contributed by atoms with Gasteiger partial charge >= 0.3 is 0 Å². The normalized spacial score (nSPS) is 27.5. The molecule has 196 valence electrons. The molecule has 0 spiro atoms. The fraction of sp³-hybridized carbons (Fsp3) is 0.429. The number of nitrogens with two attached hydrogens (primary N) is 1. The Balaban J connectivity index is 1.60. The first-order valence-corrected chi connectivity index (χ1v) is 14.2. The number of fused-ring (bicyclic) bond motifs is 1. The lowest BCUT2D eigenvalue weighted by Crippen LogP contribution is -2.50. The number of rotatable bonds is 5. The summed E-state index contributed by atoms with van der Waals surface area (Å²) in [4.78, 5) is 26.2. The maximum Gasteiger partial charge on any atom is 0.263 e. The first-order valence-electron chi connectivity index (χ1n) is 12.6. The van der Waals surface area contributed by atoms with Gasteiger partial charge in [0, 0.05) is 28.3 Å². The van der Waals surface area contributed by atoms with E-state index in [-0.39, 0.29) is 30.1 Å². The molecule has 6 nitrogen and oxygen atoms in total. The molecule has 1 amide bonds. The standard InChI is InChI=1S/C28H33Cl2N5OS/c1-16(2)22-23(26(36)34-15-14-21(25(34)31)33(4)5)37-27-32-28(3,18-8-12-20(30)13-9-18)24(35(22)27)17-6-10-19(29)11-7-17/h6-13,16,21,24-25H,14-15,31H2,1-5H3/t21-,24-,25?,28+/m1/s1. The van der Waals surface area contributed by atoms with Crippen molar-refractivity contribution >= 4 is 46.0 Å². The molecular weight excluding hydrogens is 525 g/mol. The number of amides is 1. The van der Waals surface area contributed by atoms with Gasteiger partial charge in [-0.1, -0.05) is 61.3 Å². The van der Waals surface area contributed by atoms with Gasteiger partial charge in [0.2, 0.25) is 0 Å². The summed E-state index contributed by atoms with van der Waals surface area (Å²) in [6.45, 7) is 7.07. The summed E-state index contributed by atoms with van der Waals surface area (Å²) in [6, 6.07) is 15.8. The Morgan fingerprint density at radius 2 is 1.70 bits per heavy atom. The predicted octanol–water partition coefficient (Wildman–Crippen LogP) is 5.68. The minimum atomic E-state index is -0.588. The molecule has 0 aliphatic carbocycles. The summed E-state index contributed by atoms with van der Waals surface area (Å²) in [5.74, 6) is 0.0932. The zero-order valence-electron chi connectivity index (χ0n) is 21.8. The molecule has 0 radical (unpaired) electrons. The molecule has 4 atom stereocenters. The van der Waals surface area contributed by atoms with Gasteiger partial charge in [-0.15, -0.1) is 0 Å². The summed E-state index contributed by atoms with van der Waals surface area (Å²) in [5.41, 5.74) is 9.11. The molecule has 3 heterocycles. The highest BCUT2D eigenvalue weighted by Crippen LogP contribution is 2.56. The number of nitrogens with zero attached hydrogens (tertiary/aromatic N) is 4. The molecule has 37 heavy (non-hydrogen) atoms. The number of likely N-dealkylation sites (N-methyl/N-ethyl adjacent to an activating group) is 1. The number of thioether (sulfide) groups is 1. The lowest BCUT2D eigenvalue weighted by Gasteiger charge is -2.37. The molecule has 0 bridgehead atoms. The Morgan fingerprint density at radius 3 is 2.24 bits per heavy atom. The van der Waals surface area contributed by atoms with E-state index in [4.69, 9.17) is 33.9 Å². The largest absolute Gasteiger partial charge is 0.321 e. The van der Waals surface area contributed by atoms with Crippen LogP contribution >= 0.6 is 35.0 Å². The summed E-state index contributed by atoms with van der Waals surface area (Å²) in [6.07, 6.45) is 0.523. The number of hydrogen-bond donors (Lipinski definition) is 1. The van der Waals surface area contributed by atoms with Crippen molar-refractivity contribution in [3.05, 3.63) is 80.3 Å². The smallest absolute Gasteiger partial charge is 0.263 e. The number of carbonyl (C=O) groups is 1. The Labute approximate surface area is 233 Å². The Morgan fingerprint density at radius 1 is 1.11 bits per heavy atom. The number of halogens is 2. The predicted molar refractivity (Wildman–Crippen MR) is 154 cm³/mol. The van der Waals surface area contributed by atoms with E-state index in [2.05, 4.69) is 42.7 Å². The molecule has 5 rings (SSSR count). The van der Waals surface area contributed by atoms with Gasteiger partial charge in [-0.3, -0.25) is 4.79 Å². The highest BCUT2D eigenvalue weighted by molar-refractivity contribution is 8.18. The molecule has 0 saturated carbocycles. The van der Waals surface area contributed by atoms with Gasteiger partial charge in [-0.25, -0.2) is 4.99 Å². The molecule has 2 aromatic rings. The monoisotopic (exact) mass is 557 g/mol. The van der Waals surface area contributed by atoms with Crippen LogP contribution in [0.2, 0.25) is 10.0 Å². The third kappa shape index (κ3) is 4.49. The molecule has 3 aliphatic heterocycles. The van der Waals surface area contributed by atoms with Crippen LogP contribution in [0.25, 0.3) is 0 Å². The number of carbonyl (C=O) groups excluding carboxylic acids is 1. The molecule has 1 saturated heterocycles. The van der Waals surface area contributed by atoms with Crippen molar-refractivity contribution in [1.29, 1.82) is 0 Å². The molecule has 2 N–H and O–H groups in total. The van der Waals surface area contributed by atoms with Gasteiger partial charge in [0.25, 0.3) is 5.91 Å². The van der Waals surface area contributed by atoms with Gasteiger partial charge in [-0.2, -0.15) is 0 Å². The molecule has 3 aliphatic rings. The highest BCUT2D eigenvalue weighted by atomic mass is 35.5. The van der Waals surface area contributed by atoms with Gasteiger partial charge in [-0.05, 0) is 80.5 Å². The second kappa shape index (κ2) is 9.93. The van der Waals surface area contributed by atoms with E-state index in [1.54, 1.807) is 0 Å². The van der Waals surface area contributed by atoms with Crippen molar-refractivity contribution in [2.24, 2.45) is 16.6 Å². The lowest BCUT2D eigenvalue weighted by molar-refractivity contribution is -0.127. The quantitative estimate of drug-likeness (QED) is 0.512. The SMILES string of the molecule is CC(C)C1=C(C(=O)N2CC[C@@H](N(C)C)C2N)SC2=N[C@@](C)(c3ccc(Cl)cc3)[C@@H](c3ccc(Cl)cc3)N21. The topological polar surface area (TPSA) is 65.2 Å². The van der Waals surface area contributed by atoms with E-state index in [0.717, 1.165) is 33.3 Å². The minimum Gasteiger partial charge on any atom is -0.321 e. The zero-order chi connectivity index (χ0) is 26.6. The van der Waals surface area contributed by atoms with Gasteiger partial charge in [0.15, 0.2) is 5.17 Å². The van der Waals surface area contributed by atoms with Crippen molar-refractivity contribution in [2.75, 3.05) is 20.6 Å². The second-order valence-corrected chi connectivity index (χ2v) is 12.5. The van der Waals surface area contributed by atoms with Crippen LogP contribution in [0, 0.1) is 5.92 Å². The van der Waals surface area contributed by atoms with Crippen LogP contribution in [0.5, 0.6) is 0 Å². The molecule has 0 aromatic heterocycles. The summed E-state index contributed by atoms with van der Waals surface area (Å²) in [5, 5.41) is 2.20. The van der Waals surface area contributed by atoms with Crippen molar-refractivity contribution < 1.29 is 4.79 Å². The number of likely N-dealkylation sites (tertiary alicyclic amines) is 1. The number of hydrogen-bond acceptors (Lipinski definition) is 6. The number of benzene rings is 2. The maximum atomic E-state index is 14.0. The Hall–Kier alpha value is -2.03. The van der Waals surface area contributed by atoms with Crippen LogP contribution in [0.4, 0.5) is 0 Å². The molecule has 9 heteroatoms. The number of aliphatic imine (C=N–C) groups is 1. The average Bonchev–Trinajstić information content (AvgIpc) is 3.49.